The Bertz CT molecular complexity index is 1690. The van der Waals surface area contributed by atoms with Gasteiger partial charge in [-0.15, -0.1) is 0 Å². The smallest absolute Gasteiger partial charge is 0.252 e. The minimum atomic E-state index is -1.32. The fourth-order valence-corrected chi connectivity index (χ4v) is 5.80. The molecule has 0 saturated carbocycles. The number of nitrogens with one attached hydrogen (secondary N) is 1. The van der Waals surface area contributed by atoms with Gasteiger partial charge in [-0.05, 0) is 53.6 Å². The number of nitrogens with zero attached hydrogens (tertiary/aromatic N) is 1. The Morgan fingerprint density at radius 1 is 1.00 bits per heavy atom. The molecule has 45 heavy (non-hydrogen) atoms. The van der Waals surface area contributed by atoms with Crippen molar-refractivity contribution in [2.45, 2.75) is 31.0 Å². The molecule has 2 aliphatic rings. The van der Waals surface area contributed by atoms with Crippen LogP contribution in [-0.2, 0) is 16.1 Å². The molecular formula is C36H33BrN2O6. The largest absolute Gasteiger partial charge is 0.494 e. The van der Waals surface area contributed by atoms with Crippen LogP contribution < -0.4 is 19.5 Å². The van der Waals surface area contributed by atoms with Crippen LogP contribution in [0.4, 0.5) is 0 Å². The number of halogens is 1. The van der Waals surface area contributed by atoms with Gasteiger partial charge in [0.25, 0.3) is 5.91 Å². The van der Waals surface area contributed by atoms with Crippen molar-refractivity contribution in [2.24, 2.45) is 4.99 Å². The fraction of sp³-hybridized carbons (Fsp3) is 0.222. The van der Waals surface area contributed by atoms with Crippen molar-refractivity contribution in [3.63, 3.8) is 0 Å². The first-order chi connectivity index (χ1) is 22.1. The molecule has 2 N–H and O–H groups in total. The third kappa shape index (κ3) is 6.90. The van der Waals surface area contributed by atoms with Crippen LogP contribution in [-0.4, -0.2) is 42.5 Å². The second-order valence-electron chi connectivity index (χ2n) is 10.7. The molecule has 0 spiro atoms. The Kier molecular flexibility index (Phi) is 9.47. The molecule has 4 aromatic rings. The number of aliphatic imine (C=N–C) groups is 1. The average molecular weight is 670 g/mol. The summed E-state index contributed by atoms with van der Waals surface area (Å²) in [4.78, 5) is 19.5. The first-order valence-corrected chi connectivity index (χ1v) is 15.6. The van der Waals surface area contributed by atoms with Crippen molar-refractivity contribution in [3.8, 4) is 17.2 Å². The van der Waals surface area contributed by atoms with Gasteiger partial charge in [-0.25, -0.2) is 4.99 Å². The molecule has 0 unspecified atom stereocenters. The highest BCUT2D eigenvalue weighted by Gasteiger charge is 2.53. The Morgan fingerprint density at radius 3 is 2.58 bits per heavy atom. The van der Waals surface area contributed by atoms with Crippen molar-refractivity contribution in [1.82, 2.24) is 5.32 Å². The number of amides is 1. The van der Waals surface area contributed by atoms with E-state index in [1.807, 2.05) is 109 Å². The van der Waals surface area contributed by atoms with Crippen molar-refractivity contribution in [1.29, 1.82) is 0 Å². The van der Waals surface area contributed by atoms with E-state index in [0.717, 1.165) is 26.7 Å². The Hall–Kier alpha value is -4.60. The summed E-state index contributed by atoms with van der Waals surface area (Å²) in [6.07, 6.45) is 4.09. The van der Waals surface area contributed by atoms with Crippen LogP contribution >= 0.6 is 15.9 Å². The minimum absolute atomic E-state index is 0.0662. The number of carbonyl (C=O) groups excluding carboxylic acids is 1. The maximum Gasteiger partial charge on any atom is 0.252 e. The van der Waals surface area contributed by atoms with Gasteiger partial charge < -0.3 is 29.4 Å². The number of rotatable bonds is 12. The molecule has 2 atom stereocenters. The molecule has 0 aromatic heterocycles. The van der Waals surface area contributed by atoms with Gasteiger partial charge in [0, 0.05) is 41.6 Å². The molecule has 8 nitrogen and oxygen atoms in total. The number of carbonyl (C=O) groups is 1. The molecule has 2 heterocycles. The highest BCUT2D eigenvalue weighted by atomic mass is 79.9. The standard InChI is InChI=1S/C36H33BrN2O6/c37-30-12-5-4-11-29(30)33-36(19-6-10-25-8-2-1-3-9-25,35(41)38-23-26-13-18-31-32(22-26)44-24-43-31)39-34(45-33)27-14-16-28(17-15-27)42-21-7-20-40/h1-6,8-18,22,33,40H,7,19-21,23-24H2,(H,38,41)/b10-6+/t33-,36-/m1/s1. The minimum Gasteiger partial charge on any atom is -0.494 e. The lowest BCUT2D eigenvalue weighted by molar-refractivity contribution is -0.129. The van der Waals surface area contributed by atoms with Crippen LogP contribution in [0.2, 0.25) is 0 Å². The predicted octanol–water partition coefficient (Wildman–Crippen LogP) is 6.62. The molecule has 2 aliphatic heterocycles. The zero-order valence-corrected chi connectivity index (χ0v) is 26.1. The maximum atomic E-state index is 14.4. The van der Waals surface area contributed by atoms with Crippen LogP contribution in [0, 0.1) is 0 Å². The average Bonchev–Trinajstić information content (AvgIpc) is 3.70. The number of hydrogen-bond acceptors (Lipinski definition) is 7. The second kappa shape index (κ2) is 14.0. The van der Waals surface area contributed by atoms with Gasteiger partial charge in [-0.1, -0.05) is 82.7 Å². The van der Waals surface area contributed by atoms with Gasteiger partial charge in [-0.3, -0.25) is 4.79 Å². The lowest BCUT2D eigenvalue weighted by Crippen LogP contribution is -2.47. The molecule has 0 aliphatic carbocycles. The van der Waals surface area contributed by atoms with Gasteiger partial charge in [0.2, 0.25) is 12.7 Å². The monoisotopic (exact) mass is 668 g/mol. The summed E-state index contributed by atoms with van der Waals surface area (Å²) in [7, 11) is 0. The fourth-order valence-electron chi connectivity index (χ4n) is 5.31. The number of aliphatic hydroxyl groups excluding tert-OH is 1. The van der Waals surface area contributed by atoms with Gasteiger partial charge in [0.05, 0.1) is 6.61 Å². The van der Waals surface area contributed by atoms with Crippen molar-refractivity contribution >= 4 is 33.8 Å². The van der Waals surface area contributed by atoms with E-state index >= 15 is 0 Å². The molecule has 1 amide bonds. The Morgan fingerprint density at radius 2 is 1.78 bits per heavy atom. The van der Waals surface area contributed by atoms with Crippen LogP contribution in [0.15, 0.2) is 113 Å². The summed E-state index contributed by atoms with van der Waals surface area (Å²) in [5.74, 6) is 2.11. The molecule has 6 rings (SSSR count). The van der Waals surface area contributed by atoms with Gasteiger partial charge in [0.15, 0.2) is 23.1 Å². The van der Waals surface area contributed by atoms with E-state index in [4.69, 9.17) is 29.0 Å². The quantitative estimate of drug-likeness (QED) is 0.165. The highest BCUT2D eigenvalue weighted by Crippen LogP contribution is 2.45. The summed E-state index contributed by atoms with van der Waals surface area (Å²) < 4.78 is 24.1. The summed E-state index contributed by atoms with van der Waals surface area (Å²) in [5, 5.41) is 12.2. The molecule has 0 saturated heterocycles. The van der Waals surface area contributed by atoms with Crippen LogP contribution in [0.25, 0.3) is 6.08 Å². The van der Waals surface area contributed by atoms with Crippen LogP contribution in [0.1, 0.15) is 41.2 Å². The number of hydrogen-bond donors (Lipinski definition) is 2. The number of fused-ring (bicyclic) bond motifs is 1. The van der Waals surface area contributed by atoms with Crippen molar-refractivity contribution in [2.75, 3.05) is 20.0 Å². The highest BCUT2D eigenvalue weighted by molar-refractivity contribution is 9.10. The molecule has 0 bridgehead atoms. The molecule has 0 fully saturated rings. The summed E-state index contributed by atoms with van der Waals surface area (Å²) in [5.41, 5.74) is 2.10. The van der Waals surface area contributed by atoms with Crippen LogP contribution in [0.3, 0.4) is 0 Å². The summed E-state index contributed by atoms with van der Waals surface area (Å²) in [6, 6.07) is 30.7. The van der Waals surface area contributed by atoms with E-state index in [-0.39, 0.29) is 32.3 Å². The van der Waals surface area contributed by atoms with E-state index in [1.54, 1.807) is 0 Å². The molecule has 230 valence electrons. The third-order valence-electron chi connectivity index (χ3n) is 7.65. The molecular weight excluding hydrogens is 636 g/mol. The van der Waals surface area contributed by atoms with Crippen molar-refractivity contribution in [3.05, 3.63) is 130 Å². The van der Waals surface area contributed by atoms with Gasteiger partial charge >= 0.3 is 0 Å². The number of aliphatic hydroxyl groups is 1. The Labute approximate surface area is 270 Å². The molecule has 4 aromatic carbocycles. The SMILES string of the molecule is O=C(NCc1ccc2c(c1)OCO2)[C@]1(C/C=C/c2ccccc2)N=C(c2ccc(OCCCO)cc2)O[C@@H]1c1ccccc1Br. The van der Waals surface area contributed by atoms with E-state index < -0.39 is 11.6 Å². The first-order valence-electron chi connectivity index (χ1n) is 14.8. The third-order valence-corrected chi connectivity index (χ3v) is 8.37. The normalized spacial score (nSPS) is 18.4. The number of ether oxygens (including phenoxy) is 4. The van der Waals surface area contributed by atoms with Gasteiger partial charge in [-0.2, -0.15) is 0 Å². The topological polar surface area (TPSA) is 98.6 Å². The van der Waals surface area contributed by atoms with E-state index in [9.17, 15) is 4.79 Å². The van der Waals surface area contributed by atoms with Crippen LogP contribution in [0.5, 0.6) is 17.2 Å². The maximum absolute atomic E-state index is 14.4. The van der Waals surface area contributed by atoms with E-state index in [0.29, 0.717) is 36.2 Å². The number of benzene rings is 4. The summed E-state index contributed by atoms with van der Waals surface area (Å²) >= 11 is 3.69. The predicted molar refractivity (Wildman–Crippen MR) is 175 cm³/mol. The molecule has 0 radical (unpaired) electrons. The lowest BCUT2D eigenvalue weighted by Gasteiger charge is -2.30. The second-order valence-corrected chi connectivity index (χ2v) is 11.6. The van der Waals surface area contributed by atoms with E-state index in [1.165, 1.54) is 0 Å². The zero-order valence-electron chi connectivity index (χ0n) is 24.5. The summed E-state index contributed by atoms with van der Waals surface area (Å²) in [6.45, 7) is 0.932. The van der Waals surface area contributed by atoms with Gasteiger partial charge in [0.1, 0.15) is 5.75 Å². The molecule has 9 heteroatoms. The van der Waals surface area contributed by atoms with Crippen molar-refractivity contribution < 1.29 is 28.8 Å². The lowest BCUT2D eigenvalue weighted by atomic mass is 9.84. The zero-order chi connectivity index (χ0) is 31.1. The van der Waals surface area contributed by atoms with E-state index in [2.05, 4.69) is 21.2 Å². The first kappa shape index (κ1) is 30.4. The Balaban J connectivity index is 1.36.